The molecule has 1 heterocycles. The Kier molecular flexibility index (Phi) is 3.86. The molecule has 0 fully saturated rings. The van der Waals surface area contributed by atoms with Crippen molar-refractivity contribution < 1.29 is 13.2 Å². The van der Waals surface area contributed by atoms with Crippen molar-refractivity contribution in [1.82, 2.24) is 0 Å². The Morgan fingerprint density at radius 2 is 2.04 bits per heavy atom. The average molecular weight is 377 g/mol. The van der Waals surface area contributed by atoms with E-state index in [0.29, 0.717) is 18.0 Å². The van der Waals surface area contributed by atoms with Crippen LogP contribution >= 0.6 is 11.6 Å². The molecule has 0 amide bonds. The second-order valence-electron chi connectivity index (χ2n) is 6.53. The summed E-state index contributed by atoms with van der Waals surface area (Å²) < 4.78 is 29.1. The SMILES string of the molecule is NS(=O)(=O)c1ccc2c(c1)N=CC1(CCCc3cc(Cl)ccc31)CO2. The molecule has 2 aliphatic rings. The first-order chi connectivity index (χ1) is 11.9. The fourth-order valence-electron chi connectivity index (χ4n) is 3.60. The molecule has 25 heavy (non-hydrogen) atoms. The summed E-state index contributed by atoms with van der Waals surface area (Å²) in [5, 5.41) is 5.94. The van der Waals surface area contributed by atoms with Crippen molar-refractivity contribution in [3.63, 3.8) is 0 Å². The van der Waals surface area contributed by atoms with E-state index >= 15 is 0 Å². The first-order valence-electron chi connectivity index (χ1n) is 8.01. The van der Waals surface area contributed by atoms with Crippen molar-refractivity contribution in [2.45, 2.75) is 29.6 Å². The Hall–Kier alpha value is -1.89. The average Bonchev–Trinajstić information content (AvgIpc) is 2.74. The number of nitrogens with zero attached hydrogens (tertiary/aromatic N) is 1. The highest BCUT2D eigenvalue weighted by molar-refractivity contribution is 7.89. The summed E-state index contributed by atoms with van der Waals surface area (Å²) in [6.45, 7) is 0.451. The van der Waals surface area contributed by atoms with Crippen LogP contribution in [0.25, 0.3) is 0 Å². The Balaban J connectivity index is 1.79. The summed E-state index contributed by atoms with van der Waals surface area (Å²) in [7, 11) is -3.78. The van der Waals surface area contributed by atoms with E-state index in [4.69, 9.17) is 21.5 Å². The summed E-state index contributed by atoms with van der Waals surface area (Å²) in [4.78, 5) is 4.58. The van der Waals surface area contributed by atoms with Gasteiger partial charge in [-0.3, -0.25) is 4.99 Å². The maximum absolute atomic E-state index is 11.6. The van der Waals surface area contributed by atoms with Crippen molar-refractivity contribution in [3.05, 3.63) is 52.5 Å². The zero-order valence-electron chi connectivity index (χ0n) is 13.4. The van der Waals surface area contributed by atoms with Crippen molar-refractivity contribution in [2.75, 3.05) is 6.61 Å². The molecule has 1 aliphatic carbocycles. The third-order valence-electron chi connectivity index (χ3n) is 4.87. The molecule has 1 unspecified atom stereocenters. The molecular weight excluding hydrogens is 360 g/mol. The molecular formula is C18H17ClN2O3S. The van der Waals surface area contributed by atoms with Gasteiger partial charge in [0.15, 0.2) is 0 Å². The van der Waals surface area contributed by atoms with Gasteiger partial charge in [-0.05, 0) is 60.7 Å². The number of benzene rings is 2. The molecule has 7 heteroatoms. The lowest BCUT2D eigenvalue weighted by molar-refractivity contribution is 0.249. The lowest BCUT2D eigenvalue weighted by atomic mass is 9.71. The standard InChI is InChI=1S/C18H17ClN2O3S/c19-13-3-5-15-12(8-13)2-1-7-18(15)10-21-16-9-14(25(20,22)23)4-6-17(16)24-11-18/h3-6,8-10H,1-2,7,11H2,(H2,20,22,23). The number of fused-ring (bicyclic) bond motifs is 3. The number of hydrogen-bond donors (Lipinski definition) is 1. The molecule has 0 saturated heterocycles. The molecule has 1 aliphatic heterocycles. The van der Waals surface area contributed by atoms with Gasteiger partial charge >= 0.3 is 0 Å². The molecule has 0 radical (unpaired) electrons. The zero-order chi connectivity index (χ0) is 17.7. The van der Waals surface area contributed by atoms with Crippen LogP contribution in [-0.4, -0.2) is 21.2 Å². The lowest BCUT2D eigenvalue weighted by Gasteiger charge is -2.35. The fraction of sp³-hybridized carbons (Fsp3) is 0.278. The van der Waals surface area contributed by atoms with E-state index in [1.807, 2.05) is 24.4 Å². The van der Waals surface area contributed by atoms with E-state index in [1.54, 1.807) is 6.07 Å². The van der Waals surface area contributed by atoms with Crippen LogP contribution in [0.2, 0.25) is 5.02 Å². The summed E-state index contributed by atoms with van der Waals surface area (Å²) in [6.07, 6.45) is 4.80. The molecule has 0 saturated carbocycles. The van der Waals surface area contributed by atoms with Gasteiger partial charge < -0.3 is 4.74 Å². The summed E-state index contributed by atoms with van der Waals surface area (Å²) in [5.41, 5.74) is 2.53. The fourth-order valence-corrected chi connectivity index (χ4v) is 4.33. The Bertz CT molecular complexity index is 988. The van der Waals surface area contributed by atoms with E-state index < -0.39 is 10.0 Å². The predicted octanol–water partition coefficient (Wildman–Crippen LogP) is 3.36. The van der Waals surface area contributed by atoms with Gasteiger partial charge in [0.1, 0.15) is 18.0 Å². The normalized spacial score (nSPS) is 22.0. The first-order valence-corrected chi connectivity index (χ1v) is 9.94. The number of hydrogen-bond acceptors (Lipinski definition) is 4. The van der Waals surface area contributed by atoms with E-state index in [2.05, 4.69) is 4.99 Å². The lowest BCUT2D eigenvalue weighted by Crippen LogP contribution is -2.38. The molecule has 1 spiro atoms. The van der Waals surface area contributed by atoms with Crippen molar-refractivity contribution in [2.24, 2.45) is 10.1 Å². The number of sulfonamides is 1. The number of aliphatic imine (C=N–C) groups is 1. The van der Waals surface area contributed by atoms with E-state index in [9.17, 15) is 8.42 Å². The predicted molar refractivity (Wildman–Crippen MR) is 97.5 cm³/mol. The van der Waals surface area contributed by atoms with Crippen molar-refractivity contribution >= 4 is 33.5 Å². The molecule has 130 valence electrons. The van der Waals surface area contributed by atoms with Crippen LogP contribution in [0, 0.1) is 0 Å². The highest BCUT2D eigenvalue weighted by atomic mass is 35.5. The molecule has 2 N–H and O–H groups in total. The van der Waals surface area contributed by atoms with Gasteiger partial charge in [-0.25, -0.2) is 13.6 Å². The van der Waals surface area contributed by atoms with Crippen LogP contribution in [0.3, 0.4) is 0 Å². The van der Waals surface area contributed by atoms with Gasteiger partial charge in [0, 0.05) is 11.2 Å². The van der Waals surface area contributed by atoms with Crippen LogP contribution in [0.4, 0.5) is 5.69 Å². The highest BCUT2D eigenvalue weighted by Gasteiger charge is 2.37. The maximum Gasteiger partial charge on any atom is 0.238 e. The first kappa shape index (κ1) is 16.6. The molecule has 1 atom stereocenters. The third-order valence-corrected chi connectivity index (χ3v) is 6.01. The minimum Gasteiger partial charge on any atom is -0.490 e. The van der Waals surface area contributed by atoms with Gasteiger partial charge in [-0.1, -0.05) is 17.7 Å². The zero-order valence-corrected chi connectivity index (χ0v) is 15.0. The van der Waals surface area contributed by atoms with Crippen LogP contribution < -0.4 is 9.88 Å². The molecule has 0 aromatic heterocycles. The monoisotopic (exact) mass is 376 g/mol. The van der Waals surface area contributed by atoms with E-state index in [0.717, 1.165) is 24.3 Å². The number of nitrogens with two attached hydrogens (primary N) is 1. The molecule has 0 bridgehead atoms. The molecule has 4 rings (SSSR count). The highest BCUT2D eigenvalue weighted by Crippen LogP contribution is 2.42. The second-order valence-corrected chi connectivity index (χ2v) is 8.53. The van der Waals surface area contributed by atoms with Gasteiger partial charge in [0.25, 0.3) is 0 Å². The summed E-state index contributed by atoms with van der Waals surface area (Å²) in [6, 6.07) is 10.4. The van der Waals surface area contributed by atoms with Crippen LogP contribution in [-0.2, 0) is 21.9 Å². The number of aryl methyl sites for hydroxylation is 1. The van der Waals surface area contributed by atoms with Gasteiger partial charge in [-0.2, -0.15) is 0 Å². The van der Waals surface area contributed by atoms with Gasteiger partial charge in [0.2, 0.25) is 10.0 Å². The molecule has 2 aromatic carbocycles. The summed E-state index contributed by atoms with van der Waals surface area (Å²) in [5.74, 6) is 0.557. The van der Waals surface area contributed by atoms with Crippen LogP contribution in [0.5, 0.6) is 5.75 Å². The quantitative estimate of drug-likeness (QED) is 0.828. The maximum atomic E-state index is 11.6. The van der Waals surface area contributed by atoms with E-state index in [-0.39, 0.29) is 10.3 Å². The minimum absolute atomic E-state index is 0.0266. The Morgan fingerprint density at radius 3 is 2.84 bits per heavy atom. The van der Waals surface area contributed by atoms with Crippen molar-refractivity contribution in [3.8, 4) is 5.75 Å². The molecule has 2 aromatic rings. The Labute approximate surface area is 151 Å². The second kappa shape index (κ2) is 5.83. The van der Waals surface area contributed by atoms with Gasteiger partial charge in [-0.15, -0.1) is 0 Å². The summed E-state index contributed by atoms with van der Waals surface area (Å²) >= 11 is 6.14. The smallest absolute Gasteiger partial charge is 0.238 e. The largest absolute Gasteiger partial charge is 0.490 e. The number of rotatable bonds is 1. The number of primary sulfonamides is 1. The van der Waals surface area contributed by atoms with Gasteiger partial charge in [0.05, 0.1) is 10.3 Å². The van der Waals surface area contributed by atoms with Crippen LogP contribution in [0.15, 0.2) is 46.3 Å². The Morgan fingerprint density at radius 1 is 1.20 bits per heavy atom. The minimum atomic E-state index is -3.78. The van der Waals surface area contributed by atoms with E-state index in [1.165, 1.54) is 23.3 Å². The third kappa shape index (κ3) is 2.94. The topological polar surface area (TPSA) is 81.8 Å². The molecule has 5 nitrogen and oxygen atoms in total. The van der Waals surface area contributed by atoms with Crippen LogP contribution in [0.1, 0.15) is 24.0 Å². The number of halogens is 1. The van der Waals surface area contributed by atoms with Crippen molar-refractivity contribution in [1.29, 1.82) is 0 Å². The number of ether oxygens (including phenoxy) is 1.